The van der Waals surface area contributed by atoms with Gasteiger partial charge in [-0.25, -0.2) is 0 Å². The van der Waals surface area contributed by atoms with Crippen molar-refractivity contribution < 1.29 is 0 Å². The van der Waals surface area contributed by atoms with Crippen LogP contribution in [0.5, 0.6) is 0 Å². The molecule has 1 N–H and O–H groups in total. The lowest BCUT2D eigenvalue weighted by atomic mass is 10.0. The molecule has 108 valence electrons. The van der Waals surface area contributed by atoms with E-state index in [0.717, 1.165) is 23.1 Å². The summed E-state index contributed by atoms with van der Waals surface area (Å²) in [6.45, 7) is 7.38. The molecule has 1 aromatic heterocycles. The van der Waals surface area contributed by atoms with E-state index in [2.05, 4.69) is 83.6 Å². The Hall–Kier alpha value is -1.13. The zero-order valence-corrected chi connectivity index (χ0v) is 13.9. The van der Waals surface area contributed by atoms with Gasteiger partial charge in [-0.2, -0.15) is 5.10 Å². The molecule has 0 fully saturated rings. The summed E-state index contributed by atoms with van der Waals surface area (Å²) in [7, 11) is 0. The van der Waals surface area contributed by atoms with E-state index in [-0.39, 0.29) is 0 Å². The first kappa shape index (κ1) is 15.3. The molecule has 1 heterocycles. The van der Waals surface area contributed by atoms with Crippen LogP contribution in [0.15, 0.2) is 41.0 Å². The van der Waals surface area contributed by atoms with Crippen LogP contribution in [0.3, 0.4) is 0 Å². The fourth-order valence-corrected chi connectivity index (χ4v) is 2.50. The van der Waals surface area contributed by atoms with Crippen LogP contribution in [0, 0.1) is 0 Å². The predicted octanol–water partition coefficient (Wildman–Crippen LogP) is 4.12. The molecule has 1 aromatic carbocycles. The minimum Gasteiger partial charge on any atom is -0.310 e. The van der Waals surface area contributed by atoms with Gasteiger partial charge in [0.2, 0.25) is 0 Å². The average Bonchev–Trinajstić information content (AvgIpc) is 2.88. The molecule has 0 radical (unpaired) electrons. The number of benzene rings is 1. The van der Waals surface area contributed by atoms with E-state index in [1.54, 1.807) is 0 Å². The van der Waals surface area contributed by atoms with Gasteiger partial charge in [0, 0.05) is 29.2 Å². The fraction of sp³-hybridized carbons (Fsp3) is 0.438. The van der Waals surface area contributed by atoms with E-state index in [9.17, 15) is 0 Å². The maximum absolute atomic E-state index is 4.64. The van der Waals surface area contributed by atoms with Crippen LogP contribution in [0.25, 0.3) is 0 Å². The minimum atomic E-state index is 0.309. The highest BCUT2D eigenvalue weighted by molar-refractivity contribution is 9.10. The second-order valence-electron chi connectivity index (χ2n) is 5.25. The number of likely N-dealkylation sites (N-methyl/N-ethyl adjacent to an activating group) is 1. The Bertz CT molecular complexity index is 531. The third kappa shape index (κ3) is 3.93. The summed E-state index contributed by atoms with van der Waals surface area (Å²) in [5.41, 5.74) is 2.43. The molecule has 3 nitrogen and oxygen atoms in total. The topological polar surface area (TPSA) is 29.9 Å². The first-order chi connectivity index (χ1) is 9.60. The lowest BCUT2D eigenvalue weighted by molar-refractivity contribution is 0.506. The maximum atomic E-state index is 4.64. The lowest BCUT2D eigenvalue weighted by Crippen LogP contribution is -2.23. The molecule has 0 saturated carbocycles. The summed E-state index contributed by atoms with van der Waals surface area (Å²) >= 11 is 3.48. The molecule has 4 heteroatoms. The minimum absolute atomic E-state index is 0.309. The van der Waals surface area contributed by atoms with E-state index in [4.69, 9.17) is 0 Å². The number of aromatic nitrogens is 2. The van der Waals surface area contributed by atoms with E-state index < -0.39 is 0 Å². The molecule has 0 aliphatic rings. The quantitative estimate of drug-likeness (QED) is 0.860. The van der Waals surface area contributed by atoms with Gasteiger partial charge >= 0.3 is 0 Å². The SMILES string of the molecule is CCNC(Cc1ccn(C(C)C)n1)c1ccc(Br)cc1. The zero-order valence-electron chi connectivity index (χ0n) is 12.3. The number of halogens is 1. The highest BCUT2D eigenvalue weighted by Crippen LogP contribution is 2.20. The van der Waals surface area contributed by atoms with Crippen molar-refractivity contribution in [1.29, 1.82) is 0 Å². The highest BCUT2D eigenvalue weighted by Gasteiger charge is 2.13. The fourth-order valence-electron chi connectivity index (χ4n) is 2.23. The number of nitrogens with one attached hydrogen (secondary N) is 1. The normalized spacial score (nSPS) is 12.8. The lowest BCUT2D eigenvalue weighted by Gasteiger charge is -2.17. The van der Waals surface area contributed by atoms with Crippen LogP contribution in [0.4, 0.5) is 0 Å². The summed E-state index contributed by atoms with van der Waals surface area (Å²) in [4.78, 5) is 0. The molecule has 2 rings (SSSR count). The zero-order chi connectivity index (χ0) is 14.5. The Morgan fingerprint density at radius 3 is 2.45 bits per heavy atom. The number of nitrogens with zero attached hydrogens (tertiary/aromatic N) is 2. The standard InChI is InChI=1S/C16H22BrN3/c1-4-18-16(13-5-7-14(17)8-6-13)11-15-9-10-20(19-15)12(2)3/h5-10,12,16,18H,4,11H2,1-3H3. The first-order valence-corrected chi connectivity index (χ1v) is 7.92. The summed E-state index contributed by atoms with van der Waals surface area (Å²) in [6.07, 6.45) is 2.97. The van der Waals surface area contributed by atoms with Gasteiger partial charge in [-0.3, -0.25) is 4.68 Å². The maximum Gasteiger partial charge on any atom is 0.0643 e. The second kappa shape index (κ2) is 7.04. The van der Waals surface area contributed by atoms with E-state index in [0.29, 0.717) is 12.1 Å². The predicted molar refractivity (Wildman–Crippen MR) is 86.9 cm³/mol. The van der Waals surface area contributed by atoms with Crippen molar-refractivity contribution in [2.45, 2.75) is 39.3 Å². The molecular weight excluding hydrogens is 314 g/mol. The van der Waals surface area contributed by atoms with E-state index in [1.807, 2.05) is 4.68 Å². The van der Waals surface area contributed by atoms with Crippen LogP contribution in [0.1, 0.15) is 44.1 Å². The van der Waals surface area contributed by atoms with Crippen molar-refractivity contribution in [2.75, 3.05) is 6.54 Å². The van der Waals surface area contributed by atoms with Gasteiger partial charge < -0.3 is 5.32 Å². The molecule has 2 aromatic rings. The van der Waals surface area contributed by atoms with Crippen molar-refractivity contribution in [3.05, 3.63) is 52.3 Å². The van der Waals surface area contributed by atoms with Gasteiger partial charge in [0.05, 0.1) is 5.69 Å². The van der Waals surface area contributed by atoms with Gasteiger partial charge in [0.25, 0.3) is 0 Å². The molecule has 0 bridgehead atoms. The summed E-state index contributed by atoms with van der Waals surface area (Å²) in [5, 5.41) is 8.18. The van der Waals surface area contributed by atoms with Crippen molar-refractivity contribution in [1.82, 2.24) is 15.1 Å². The molecule has 0 spiro atoms. The Morgan fingerprint density at radius 1 is 1.20 bits per heavy atom. The summed E-state index contributed by atoms with van der Waals surface area (Å²) in [6, 6.07) is 11.3. The summed E-state index contributed by atoms with van der Waals surface area (Å²) < 4.78 is 3.13. The van der Waals surface area contributed by atoms with Crippen molar-refractivity contribution in [2.24, 2.45) is 0 Å². The first-order valence-electron chi connectivity index (χ1n) is 7.13. The smallest absolute Gasteiger partial charge is 0.0643 e. The Kier molecular flexibility index (Phi) is 5.38. The van der Waals surface area contributed by atoms with Gasteiger partial charge in [0.1, 0.15) is 0 Å². The second-order valence-corrected chi connectivity index (χ2v) is 6.16. The molecule has 0 amide bonds. The molecular formula is C16H22BrN3. The molecule has 0 saturated heterocycles. The Balaban J connectivity index is 2.14. The largest absolute Gasteiger partial charge is 0.310 e. The number of rotatable bonds is 6. The van der Waals surface area contributed by atoms with Crippen molar-refractivity contribution in [3.63, 3.8) is 0 Å². The van der Waals surface area contributed by atoms with Gasteiger partial charge in [-0.15, -0.1) is 0 Å². The molecule has 0 aliphatic carbocycles. The number of hydrogen-bond donors (Lipinski definition) is 1. The Labute approximate surface area is 129 Å². The summed E-state index contributed by atoms with van der Waals surface area (Å²) in [5.74, 6) is 0. The molecule has 1 atom stereocenters. The monoisotopic (exact) mass is 335 g/mol. The molecule has 20 heavy (non-hydrogen) atoms. The van der Waals surface area contributed by atoms with E-state index in [1.165, 1.54) is 5.56 Å². The van der Waals surface area contributed by atoms with Crippen molar-refractivity contribution >= 4 is 15.9 Å². The van der Waals surface area contributed by atoms with Crippen LogP contribution in [-0.4, -0.2) is 16.3 Å². The number of hydrogen-bond acceptors (Lipinski definition) is 2. The van der Waals surface area contributed by atoms with Crippen LogP contribution in [0.2, 0.25) is 0 Å². The average molecular weight is 336 g/mol. The van der Waals surface area contributed by atoms with Crippen molar-refractivity contribution in [3.8, 4) is 0 Å². The van der Waals surface area contributed by atoms with Crippen LogP contribution < -0.4 is 5.32 Å². The van der Waals surface area contributed by atoms with E-state index >= 15 is 0 Å². The van der Waals surface area contributed by atoms with Gasteiger partial charge in [-0.1, -0.05) is 35.0 Å². The van der Waals surface area contributed by atoms with Gasteiger partial charge in [-0.05, 0) is 44.2 Å². The third-order valence-corrected chi connectivity index (χ3v) is 3.86. The van der Waals surface area contributed by atoms with Crippen LogP contribution >= 0.6 is 15.9 Å². The molecule has 0 aliphatic heterocycles. The highest BCUT2D eigenvalue weighted by atomic mass is 79.9. The van der Waals surface area contributed by atoms with Crippen LogP contribution in [-0.2, 0) is 6.42 Å². The molecule has 1 unspecified atom stereocenters. The third-order valence-electron chi connectivity index (χ3n) is 3.33. The Morgan fingerprint density at radius 2 is 1.90 bits per heavy atom. The van der Waals surface area contributed by atoms with Gasteiger partial charge in [0.15, 0.2) is 0 Å².